The molecule has 3 nitrogen and oxygen atoms in total. The molecule has 1 aromatic rings. The maximum Gasteiger partial charge on any atom is 0.338 e. The molecule has 3 heteroatoms. The minimum absolute atomic E-state index is 0.0462. The summed E-state index contributed by atoms with van der Waals surface area (Å²) < 4.78 is 5.68. The minimum Gasteiger partial charge on any atom is -0.459 e. The van der Waals surface area contributed by atoms with Gasteiger partial charge in [0.05, 0.1) is 17.0 Å². The van der Waals surface area contributed by atoms with E-state index in [1.165, 1.54) is 24.8 Å². The van der Waals surface area contributed by atoms with Gasteiger partial charge in [0.1, 0.15) is 6.10 Å². The zero-order valence-electron chi connectivity index (χ0n) is 15.7. The highest BCUT2D eigenvalue weighted by Crippen LogP contribution is 2.40. The fraction of sp³-hybridized carbons (Fsp3) is 0.636. The Kier molecular flexibility index (Phi) is 7.50. The number of ether oxygens (including phenoxy) is 1. The van der Waals surface area contributed by atoms with Crippen molar-refractivity contribution in [1.29, 1.82) is 5.26 Å². The fourth-order valence-electron chi connectivity index (χ4n) is 3.76. The topological polar surface area (TPSA) is 50.1 Å². The van der Waals surface area contributed by atoms with E-state index in [1.807, 2.05) is 24.3 Å². The van der Waals surface area contributed by atoms with Crippen LogP contribution in [0.25, 0.3) is 0 Å². The molecule has 1 aliphatic rings. The Labute approximate surface area is 152 Å². The number of esters is 1. The number of benzene rings is 1. The number of hydrogen-bond donors (Lipinski definition) is 0. The Bertz CT molecular complexity index is 577. The molecular formula is C22H31NO2. The third-order valence-electron chi connectivity index (χ3n) is 5.39. The first kappa shape index (κ1) is 19.5. The Morgan fingerprint density at radius 1 is 1.16 bits per heavy atom. The fourth-order valence-corrected chi connectivity index (χ4v) is 3.76. The van der Waals surface area contributed by atoms with Crippen molar-refractivity contribution >= 4 is 5.97 Å². The Hall–Kier alpha value is -1.82. The first-order valence-electron chi connectivity index (χ1n) is 9.83. The SMILES string of the molecule is CCCCCc1ccc(C(=O)OC2CCC(C#N)(CCC)CC2)cc1. The van der Waals surface area contributed by atoms with Crippen molar-refractivity contribution in [3.05, 3.63) is 35.4 Å². The second-order valence-corrected chi connectivity index (χ2v) is 7.40. The van der Waals surface area contributed by atoms with Crippen LogP contribution < -0.4 is 0 Å². The monoisotopic (exact) mass is 341 g/mol. The van der Waals surface area contributed by atoms with Crippen LogP contribution in [0.1, 0.15) is 87.6 Å². The summed E-state index contributed by atoms with van der Waals surface area (Å²) in [5.41, 5.74) is 1.71. The molecule has 1 fully saturated rings. The van der Waals surface area contributed by atoms with Gasteiger partial charge in [-0.3, -0.25) is 0 Å². The van der Waals surface area contributed by atoms with E-state index in [-0.39, 0.29) is 17.5 Å². The van der Waals surface area contributed by atoms with Gasteiger partial charge >= 0.3 is 5.97 Å². The number of carbonyl (C=O) groups excluding carboxylic acids is 1. The second kappa shape index (κ2) is 9.61. The van der Waals surface area contributed by atoms with Gasteiger partial charge in [0.25, 0.3) is 0 Å². The molecule has 0 saturated heterocycles. The van der Waals surface area contributed by atoms with E-state index >= 15 is 0 Å². The third kappa shape index (κ3) is 5.59. The van der Waals surface area contributed by atoms with Crippen molar-refractivity contribution in [2.75, 3.05) is 0 Å². The Balaban J connectivity index is 1.83. The first-order valence-corrected chi connectivity index (χ1v) is 9.83. The van der Waals surface area contributed by atoms with E-state index in [9.17, 15) is 10.1 Å². The molecule has 0 aromatic heterocycles. The quantitative estimate of drug-likeness (QED) is 0.441. The van der Waals surface area contributed by atoms with Gasteiger partial charge in [-0.25, -0.2) is 4.79 Å². The zero-order chi connectivity index (χ0) is 18.1. The van der Waals surface area contributed by atoms with Crippen LogP contribution in [0.15, 0.2) is 24.3 Å². The molecule has 0 heterocycles. The van der Waals surface area contributed by atoms with Gasteiger partial charge < -0.3 is 4.74 Å². The first-order chi connectivity index (χ1) is 12.1. The smallest absolute Gasteiger partial charge is 0.338 e. The summed E-state index contributed by atoms with van der Waals surface area (Å²) in [7, 11) is 0. The number of unbranched alkanes of at least 4 members (excludes halogenated alkanes) is 2. The minimum atomic E-state index is -0.231. The normalized spacial score (nSPS) is 23.0. The molecule has 136 valence electrons. The second-order valence-electron chi connectivity index (χ2n) is 7.40. The van der Waals surface area contributed by atoms with Crippen LogP contribution in [-0.2, 0) is 11.2 Å². The molecule has 0 radical (unpaired) electrons. The van der Waals surface area contributed by atoms with Crippen LogP contribution in [0, 0.1) is 16.7 Å². The molecule has 0 bridgehead atoms. The van der Waals surface area contributed by atoms with Gasteiger partial charge in [0.2, 0.25) is 0 Å². The van der Waals surface area contributed by atoms with E-state index in [4.69, 9.17) is 4.74 Å². The maximum absolute atomic E-state index is 12.4. The summed E-state index contributed by atoms with van der Waals surface area (Å²) in [6, 6.07) is 10.3. The number of hydrogen-bond acceptors (Lipinski definition) is 3. The maximum atomic E-state index is 12.4. The summed E-state index contributed by atoms with van der Waals surface area (Å²) in [5.74, 6) is -0.231. The molecule has 0 amide bonds. The number of nitriles is 1. The molecular weight excluding hydrogens is 310 g/mol. The molecule has 0 spiro atoms. The van der Waals surface area contributed by atoms with E-state index in [0.29, 0.717) is 5.56 Å². The van der Waals surface area contributed by atoms with Crippen molar-refractivity contribution in [2.45, 2.75) is 84.2 Å². The lowest BCUT2D eigenvalue weighted by molar-refractivity contribution is 0.0106. The molecule has 25 heavy (non-hydrogen) atoms. The van der Waals surface area contributed by atoms with Crippen molar-refractivity contribution < 1.29 is 9.53 Å². The molecule has 0 atom stereocenters. The molecule has 1 saturated carbocycles. The average molecular weight is 341 g/mol. The van der Waals surface area contributed by atoms with E-state index < -0.39 is 0 Å². The van der Waals surface area contributed by atoms with Crippen molar-refractivity contribution in [3.63, 3.8) is 0 Å². The van der Waals surface area contributed by atoms with E-state index in [1.54, 1.807) is 0 Å². The number of nitrogens with zero attached hydrogens (tertiary/aromatic N) is 1. The summed E-state index contributed by atoms with van der Waals surface area (Å²) in [4.78, 5) is 12.4. The standard InChI is InChI=1S/C22H31NO2/c1-3-5-6-7-18-8-10-19(11-9-18)21(24)25-20-12-15-22(17-23,14-4-2)16-13-20/h8-11,20H,3-7,12-16H2,1-2H3. The Morgan fingerprint density at radius 3 is 2.40 bits per heavy atom. The largest absolute Gasteiger partial charge is 0.459 e. The van der Waals surface area contributed by atoms with Crippen LogP contribution in [0.2, 0.25) is 0 Å². The summed E-state index contributed by atoms with van der Waals surface area (Å²) in [6.07, 6.45) is 9.94. The van der Waals surface area contributed by atoms with Gasteiger partial charge in [-0.2, -0.15) is 5.26 Å². The van der Waals surface area contributed by atoms with Crippen LogP contribution in [0.5, 0.6) is 0 Å². The number of carbonyl (C=O) groups is 1. The van der Waals surface area contributed by atoms with Gasteiger partial charge in [-0.1, -0.05) is 45.2 Å². The summed E-state index contributed by atoms with van der Waals surface area (Å²) in [5, 5.41) is 9.46. The lowest BCUT2D eigenvalue weighted by Gasteiger charge is -2.34. The summed E-state index contributed by atoms with van der Waals surface area (Å²) in [6.45, 7) is 4.32. The van der Waals surface area contributed by atoms with Crippen molar-refractivity contribution in [2.24, 2.45) is 5.41 Å². The molecule has 1 aromatic carbocycles. The van der Waals surface area contributed by atoms with Crippen LogP contribution in [-0.4, -0.2) is 12.1 Å². The van der Waals surface area contributed by atoms with Gasteiger partial charge in [-0.05, 0) is 62.6 Å². The predicted molar refractivity (Wildman–Crippen MR) is 100 cm³/mol. The highest BCUT2D eigenvalue weighted by atomic mass is 16.5. The third-order valence-corrected chi connectivity index (χ3v) is 5.39. The molecule has 0 N–H and O–H groups in total. The van der Waals surface area contributed by atoms with E-state index in [0.717, 1.165) is 44.9 Å². The molecule has 2 rings (SSSR count). The molecule has 1 aliphatic carbocycles. The highest BCUT2D eigenvalue weighted by molar-refractivity contribution is 5.89. The number of aryl methyl sites for hydroxylation is 1. The van der Waals surface area contributed by atoms with Crippen molar-refractivity contribution in [3.8, 4) is 6.07 Å². The zero-order valence-corrected chi connectivity index (χ0v) is 15.7. The predicted octanol–water partition coefficient (Wildman–Crippen LogP) is 5.83. The summed E-state index contributed by atoms with van der Waals surface area (Å²) >= 11 is 0. The highest BCUT2D eigenvalue weighted by Gasteiger charge is 2.36. The molecule has 0 aliphatic heterocycles. The lowest BCUT2D eigenvalue weighted by Crippen LogP contribution is -2.31. The van der Waals surface area contributed by atoms with Crippen LogP contribution >= 0.6 is 0 Å². The Morgan fingerprint density at radius 2 is 1.84 bits per heavy atom. The van der Waals surface area contributed by atoms with Gasteiger partial charge in [-0.15, -0.1) is 0 Å². The molecule has 0 unspecified atom stereocenters. The van der Waals surface area contributed by atoms with Gasteiger partial charge in [0, 0.05) is 0 Å². The number of rotatable bonds is 8. The van der Waals surface area contributed by atoms with Crippen LogP contribution in [0.3, 0.4) is 0 Å². The van der Waals surface area contributed by atoms with E-state index in [2.05, 4.69) is 19.9 Å². The average Bonchev–Trinajstić information content (AvgIpc) is 2.64. The lowest BCUT2D eigenvalue weighted by atomic mass is 9.71. The van der Waals surface area contributed by atoms with Crippen molar-refractivity contribution in [1.82, 2.24) is 0 Å². The van der Waals surface area contributed by atoms with Gasteiger partial charge in [0.15, 0.2) is 0 Å². The van der Waals surface area contributed by atoms with Crippen LogP contribution in [0.4, 0.5) is 0 Å².